The first-order chi connectivity index (χ1) is 14.6. The highest BCUT2D eigenvalue weighted by Gasteiger charge is 2.63. The number of aromatic nitrogens is 2. The van der Waals surface area contributed by atoms with E-state index in [4.69, 9.17) is 0 Å². The fourth-order valence-electron chi connectivity index (χ4n) is 5.33. The molecule has 3 fully saturated rings. The Kier molecular flexibility index (Phi) is 4.40. The first kappa shape index (κ1) is 20.3. The molecule has 2 aromatic rings. The summed E-state index contributed by atoms with van der Waals surface area (Å²) < 4.78 is 65.9. The molecule has 6 rings (SSSR count). The van der Waals surface area contributed by atoms with Gasteiger partial charge < -0.3 is 9.88 Å². The second kappa shape index (κ2) is 6.71. The maximum atomic E-state index is 13.5. The number of alkyl halides is 3. The monoisotopic (exact) mass is 451 g/mol. The summed E-state index contributed by atoms with van der Waals surface area (Å²) in [4.78, 5) is 9.06. The number of rotatable bonds is 4. The molecule has 2 bridgehead atoms. The lowest BCUT2D eigenvalue weighted by molar-refractivity contribution is -0.129. The van der Waals surface area contributed by atoms with Gasteiger partial charge in [-0.25, -0.2) is 13.4 Å². The van der Waals surface area contributed by atoms with Gasteiger partial charge in [-0.2, -0.15) is 22.7 Å². The topological polar surface area (TPSA) is 93.1 Å². The zero-order chi connectivity index (χ0) is 22.0. The zero-order valence-electron chi connectivity index (χ0n) is 16.4. The molecule has 1 aromatic carbocycles. The summed E-state index contributed by atoms with van der Waals surface area (Å²) in [6.45, 7) is -0.322. The minimum atomic E-state index is -5.53. The molecule has 4 aliphatic rings. The number of anilines is 1. The average Bonchev–Trinajstić information content (AvgIpc) is 3.09. The Morgan fingerprint density at radius 2 is 2.03 bits per heavy atom. The number of hydrogen-bond donors (Lipinski definition) is 1. The van der Waals surface area contributed by atoms with Crippen molar-refractivity contribution < 1.29 is 21.6 Å². The van der Waals surface area contributed by atoms with E-state index in [1.165, 1.54) is 12.4 Å². The Morgan fingerprint density at radius 1 is 1.29 bits per heavy atom. The number of hydrogen-bond acceptors (Lipinski definition) is 5. The van der Waals surface area contributed by atoms with Crippen molar-refractivity contribution in [2.45, 2.75) is 43.9 Å². The van der Waals surface area contributed by atoms with Crippen molar-refractivity contribution in [3.05, 3.63) is 47.5 Å². The Balaban J connectivity index is 1.64. The van der Waals surface area contributed by atoms with E-state index in [1.807, 2.05) is 11.0 Å². The van der Waals surface area contributed by atoms with Crippen LogP contribution in [-0.2, 0) is 23.1 Å². The largest absolute Gasteiger partial charge is 0.511 e. The van der Waals surface area contributed by atoms with E-state index in [9.17, 15) is 26.9 Å². The third kappa shape index (κ3) is 3.11. The minimum absolute atomic E-state index is 0.195. The van der Waals surface area contributed by atoms with Crippen LogP contribution >= 0.6 is 0 Å². The fourth-order valence-corrected chi connectivity index (χ4v) is 6.27. The first-order valence-corrected chi connectivity index (χ1v) is 11.4. The highest BCUT2D eigenvalue weighted by molar-refractivity contribution is 7.89. The molecule has 0 saturated heterocycles. The molecule has 7 nitrogen and oxygen atoms in total. The quantitative estimate of drug-likeness (QED) is 0.771. The van der Waals surface area contributed by atoms with Gasteiger partial charge in [-0.05, 0) is 54.4 Å². The van der Waals surface area contributed by atoms with Gasteiger partial charge in [0.15, 0.2) is 0 Å². The van der Waals surface area contributed by atoms with E-state index >= 15 is 0 Å². The van der Waals surface area contributed by atoms with Crippen molar-refractivity contribution in [3.8, 4) is 6.07 Å². The fraction of sp³-hybridized carbons (Fsp3) is 0.500. The first-order valence-electron chi connectivity index (χ1n) is 9.96. The molecule has 164 valence electrons. The normalized spacial score (nSPS) is 28.1. The predicted molar refractivity (Wildman–Crippen MR) is 105 cm³/mol. The third-order valence-corrected chi connectivity index (χ3v) is 8.48. The molecule has 1 aliphatic heterocycles. The second-order valence-electron chi connectivity index (χ2n) is 8.76. The van der Waals surface area contributed by atoms with Gasteiger partial charge in [-0.15, -0.1) is 0 Å². The van der Waals surface area contributed by atoms with Crippen LogP contribution in [0.25, 0.3) is 0 Å². The Labute approximate surface area is 177 Å². The zero-order valence-corrected chi connectivity index (χ0v) is 17.2. The van der Waals surface area contributed by atoms with Crippen molar-refractivity contribution in [1.82, 2.24) is 14.3 Å². The van der Waals surface area contributed by atoms with Gasteiger partial charge in [0, 0.05) is 31.0 Å². The predicted octanol–water partition coefficient (Wildman–Crippen LogP) is 3.12. The number of sulfonamides is 1. The number of aromatic amines is 1. The molecule has 31 heavy (non-hydrogen) atoms. The molecule has 2 heterocycles. The van der Waals surface area contributed by atoms with Crippen molar-refractivity contribution >= 4 is 15.7 Å². The lowest BCUT2D eigenvalue weighted by Crippen LogP contribution is -2.66. The van der Waals surface area contributed by atoms with Crippen molar-refractivity contribution in [3.63, 3.8) is 0 Å². The maximum absolute atomic E-state index is 13.5. The molecule has 1 aromatic heterocycles. The SMILES string of the molecule is N#Cc1ccc2c(c1)CN(S(=O)(=O)C(F)(F)F)CC(C13CC(C1)C3)N2Cc1cnc[nH]1. The molecule has 3 aliphatic carbocycles. The lowest BCUT2D eigenvalue weighted by atomic mass is 9.41. The highest BCUT2D eigenvalue weighted by Crippen LogP contribution is 2.67. The van der Waals surface area contributed by atoms with Crippen LogP contribution in [-0.4, -0.2) is 40.8 Å². The number of halogens is 3. The van der Waals surface area contributed by atoms with E-state index in [0.717, 1.165) is 25.0 Å². The van der Waals surface area contributed by atoms with Crippen molar-refractivity contribution in [2.75, 3.05) is 11.4 Å². The van der Waals surface area contributed by atoms with Crippen LogP contribution in [0.5, 0.6) is 0 Å². The third-order valence-electron chi connectivity index (χ3n) is 6.94. The van der Waals surface area contributed by atoms with Gasteiger partial charge in [-0.3, -0.25) is 0 Å². The Bertz CT molecular complexity index is 1140. The number of nitriles is 1. The second-order valence-corrected chi connectivity index (χ2v) is 10.7. The Hall–Kier alpha value is -2.58. The van der Waals surface area contributed by atoms with Crippen LogP contribution in [0.15, 0.2) is 30.7 Å². The molecule has 3 saturated carbocycles. The molecule has 11 heteroatoms. The molecule has 0 spiro atoms. The highest BCUT2D eigenvalue weighted by atomic mass is 32.2. The summed E-state index contributed by atoms with van der Waals surface area (Å²) >= 11 is 0. The molecule has 1 N–H and O–H groups in total. The van der Waals surface area contributed by atoms with Gasteiger partial charge in [0.1, 0.15) is 0 Å². The number of H-pyrrole nitrogens is 1. The molecule has 0 radical (unpaired) electrons. The number of imidazole rings is 1. The summed E-state index contributed by atoms with van der Waals surface area (Å²) in [6, 6.07) is 6.39. The number of nitrogens with zero attached hydrogens (tertiary/aromatic N) is 4. The molecular weight excluding hydrogens is 431 g/mol. The van der Waals surface area contributed by atoms with Crippen LogP contribution in [0, 0.1) is 22.7 Å². The molecule has 0 amide bonds. The summed E-state index contributed by atoms with van der Waals surface area (Å²) in [5, 5.41) is 9.28. The number of fused-ring (bicyclic) bond motifs is 1. The van der Waals surface area contributed by atoms with Crippen molar-refractivity contribution in [2.24, 2.45) is 11.3 Å². The van der Waals surface area contributed by atoms with Crippen LogP contribution < -0.4 is 4.90 Å². The smallest absolute Gasteiger partial charge is 0.361 e. The van der Waals surface area contributed by atoms with Crippen molar-refractivity contribution in [1.29, 1.82) is 5.26 Å². The summed E-state index contributed by atoms with van der Waals surface area (Å²) in [6.07, 6.45) is 5.86. The van der Waals surface area contributed by atoms with Crippen LogP contribution in [0.1, 0.15) is 36.1 Å². The molecular formula is C20H20F3N5O2S. The number of benzene rings is 1. The van der Waals surface area contributed by atoms with E-state index < -0.39 is 28.1 Å². The van der Waals surface area contributed by atoms with Gasteiger partial charge in [-0.1, -0.05) is 0 Å². The van der Waals surface area contributed by atoms with Gasteiger partial charge in [0.2, 0.25) is 0 Å². The number of nitrogens with one attached hydrogen (secondary N) is 1. The molecule has 1 unspecified atom stereocenters. The summed E-state index contributed by atoms with van der Waals surface area (Å²) in [7, 11) is -5.53. The van der Waals surface area contributed by atoms with Gasteiger partial charge >= 0.3 is 15.5 Å². The average molecular weight is 451 g/mol. The van der Waals surface area contributed by atoms with Gasteiger partial charge in [0.05, 0.1) is 30.2 Å². The van der Waals surface area contributed by atoms with E-state index in [2.05, 4.69) is 9.97 Å². The van der Waals surface area contributed by atoms with E-state index in [0.29, 0.717) is 28.0 Å². The van der Waals surface area contributed by atoms with Gasteiger partial charge in [0.25, 0.3) is 0 Å². The van der Waals surface area contributed by atoms with E-state index in [-0.39, 0.29) is 17.5 Å². The maximum Gasteiger partial charge on any atom is 0.511 e. The molecule has 1 atom stereocenters. The summed E-state index contributed by atoms with van der Waals surface area (Å²) in [5.41, 5.74) is -3.49. The summed E-state index contributed by atoms with van der Waals surface area (Å²) in [5.74, 6) is 0.574. The lowest BCUT2D eigenvalue weighted by Gasteiger charge is -2.67. The minimum Gasteiger partial charge on any atom is -0.361 e. The van der Waals surface area contributed by atoms with Crippen LogP contribution in [0.4, 0.5) is 18.9 Å². The standard InChI is InChI=1S/C20H20F3N5O2S/c21-20(22,23)31(29,30)27-9-15-3-13(7-24)1-2-17(15)28(10-16-8-25-12-26-16)18(11-27)19-4-14(5-19)6-19/h1-3,8,12,14,18H,4-6,9-11H2,(H,25,26). The van der Waals surface area contributed by atoms with Crippen LogP contribution in [0.2, 0.25) is 0 Å². The van der Waals surface area contributed by atoms with E-state index in [1.54, 1.807) is 18.3 Å². The Morgan fingerprint density at radius 3 is 2.58 bits per heavy atom. The van der Waals surface area contributed by atoms with Crippen LogP contribution in [0.3, 0.4) is 0 Å².